The van der Waals surface area contributed by atoms with Crippen LogP contribution in [0.1, 0.15) is 5.56 Å². The fourth-order valence-electron chi connectivity index (χ4n) is 3.00. The van der Waals surface area contributed by atoms with Crippen LogP contribution in [0, 0.1) is 11.3 Å². The van der Waals surface area contributed by atoms with Gasteiger partial charge in [-0.3, -0.25) is 0 Å². The van der Waals surface area contributed by atoms with E-state index in [1.165, 1.54) is 4.90 Å². The van der Waals surface area contributed by atoms with Crippen molar-refractivity contribution in [2.75, 3.05) is 23.9 Å². The molecule has 0 saturated heterocycles. The summed E-state index contributed by atoms with van der Waals surface area (Å²) in [4.78, 5) is 6.71. The smallest absolute Gasteiger partial charge is 0.0992 e. The fourth-order valence-corrected chi connectivity index (χ4v) is 4.04. The molecule has 0 amide bonds. The van der Waals surface area contributed by atoms with E-state index in [-0.39, 0.29) is 0 Å². The maximum absolute atomic E-state index is 9.31. The van der Waals surface area contributed by atoms with Crippen LogP contribution >= 0.6 is 11.8 Å². The van der Waals surface area contributed by atoms with E-state index >= 15 is 0 Å². The third-order valence-corrected chi connectivity index (χ3v) is 5.41. The number of benzene rings is 3. The highest BCUT2D eigenvalue weighted by Gasteiger charge is 2.24. The lowest BCUT2D eigenvalue weighted by molar-refractivity contribution is 1.12. The number of para-hydroxylation sites is 1. The predicted molar refractivity (Wildman–Crippen MR) is 104 cm³/mol. The Balaban J connectivity index is 1.90. The van der Waals surface area contributed by atoms with Gasteiger partial charge in [-0.2, -0.15) is 5.26 Å². The highest BCUT2D eigenvalue weighted by atomic mass is 32.2. The molecule has 1 aliphatic heterocycles. The van der Waals surface area contributed by atoms with Gasteiger partial charge in [0.05, 0.1) is 23.0 Å². The van der Waals surface area contributed by atoms with E-state index in [0.717, 1.165) is 27.6 Å². The zero-order valence-electron chi connectivity index (χ0n) is 14.1. The van der Waals surface area contributed by atoms with Gasteiger partial charge in [0.15, 0.2) is 0 Å². The molecule has 4 rings (SSSR count). The lowest BCUT2D eigenvalue weighted by Gasteiger charge is -2.33. The van der Waals surface area contributed by atoms with Crippen molar-refractivity contribution in [1.82, 2.24) is 0 Å². The second kappa shape index (κ2) is 6.19. The second-order valence-corrected chi connectivity index (χ2v) is 7.19. The molecule has 0 saturated carbocycles. The van der Waals surface area contributed by atoms with E-state index in [2.05, 4.69) is 64.4 Å². The zero-order chi connectivity index (χ0) is 17.4. The molecule has 0 aliphatic carbocycles. The number of anilines is 4. The maximum Gasteiger partial charge on any atom is 0.0992 e. The molecule has 3 aromatic carbocycles. The summed E-state index contributed by atoms with van der Waals surface area (Å²) in [5.41, 5.74) is 5.13. The van der Waals surface area contributed by atoms with Crippen LogP contribution in [0.4, 0.5) is 22.7 Å². The molecule has 0 fully saturated rings. The second-order valence-electron chi connectivity index (χ2n) is 6.11. The Morgan fingerprint density at radius 2 is 1.60 bits per heavy atom. The average Bonchev–Trinajstić information content (AvgIpc) is 2.65. The summed E-state index contributed by atoms with van der Waals surface area (Å²) in [6.45, 7) is 0. The Hall–Kier alpha value is -2.90. The molecule has 0 aromatic heterocycles. The van der Waals surface area contributed by atoms with E-state index in [9.17, 15) is 5.26 Å². The van der Waals surface area contributed by atoms with E-state index in [1.54, 1.807) is 11.8 Å². The number of fused-ring (bicyclic) bond motifs is 2. The van der Waals surface area contributed by atoms with Crippen LogP contribution in [0.2, 0.25) is 0 Å². The number of hydrogen-bond acceptors (Lipinski definition) is 4. The van der Waals surface area contributed by atoms with E-state index in [0.29, 0.717) is 5.56 Å². The lowest BCUT2D eigenvalue weighted by atomic mass is 10.1. The molecule has 0 atom stereocenters. The summed E-state index contributed by atoms with van der Waals surface area (Å²) in [7, 11) is 4.08. The Labute approximate surface area is 152 Å². The van der Waals surface area contributed by atoms with Crippen molar-refractivity contribution in [1.29, 1.82) is 5.26 Å². The first-order chi connectivity index (χ1) is 12.2. The molecule has 3 aromatic rings. The van der Waals surface area contributed by atoms with Crippen molar-refractivity contribution in [3.8, 4) is 6.07 Å². The minimum atomic E-state index is 0.675. The van der Waals surface area contributed by atoms with E-state index < -0.39 is 0 Å². The van der Waals surface area contributed by atoms with Crippen molar-refractivity contribution in [2.45, 2.75) is 9.79 Å². The monoisotopic (exact) mass is 343 g/mol. The number of nitrogens with zero attached hydrogens (tertiary/aromatic N) is 3. The summed E-state index contributed by atoms with van der Waals surface area (Å²) in [6, 6.07) is 25.0. The Morgan fingerprint density at radius 1 is 0.880 bits per heavy atom. The normalized spacial score (nSPS) is 12.1. The van der Waals surface area contributed by atoms with Gasteiger partial charge in [-0.1, -0.05) is 23.9 Å². The topological polar surface area (TPSA) is 30.3 Å². The van der Waals surface area contributed by atoms with Crippen molar-refractivity contribution >= 4 is 34.5 Å². The van der Waals surface area contributed by atoms with Crippen molar-refractivity contribution < 1.29 is 0 Å². The van der Waals surface area contributed by atoms with Gasteiger partial charge in [-0.15, -0.1) is 0 Å². The van der Waals surface area contributed by atoms with Gasteiger partial charge in [0, 0.05) is 35.3 Å². The first-order valence-electron chi connectivity index (χ1n) is 8.06. The number of hydrogen-bond donors (Lipinski definition) is 0. The largest absolute Gasteiger partial charge is 0.378 e. The van der Waals surface area contributed by atoms with Crippen LogP contribution < -0.4 is 9.80 Å². The summed E-state index contributed by atoms with van der Waals surface area (Å²) in [5.74, 6) is 0. The van der Waals surface area contributed by atoms with Crippen LogP contribution in [0.25, 0.3) is 0 Å². The quantitative estimate of drug-likeness (QED) is 0.477. The molecule has 1 heterocycles. The average molecular weight is 343 g/mol. The summed E-state index contributed by atoms with van der Waals surface area (Å²) < 4.78 is 0. The third kappa shape index (κ3) is 2.73. The zero-order valence-corrected chi connectivity index (χ0v) is 14.9. The van der Waals surface area contributed by atoms with Gasteiger partial charge in [0.1, 0.15) is 0 Å². The summed E-state index contributed by atoms with van der Waals surface area (Å²) >= 11 is 1.75. The molecule has 3 nitrogen and oxygen atoms in total. The molecule has 122 valence electrons. The van der Waals surface area contributed by atoms with Crippen molar-refractivity contribution in [3.05, 3.63) is 72.3 Å². The summed E-state index contributed by atoms with van der Waals surface area (Å²) in [6.07, 6.45) is 0. The van der Waals surface area contributed by atoms with Crippen LogP contribution in [0.15, 0.2) is 76.5 Å². The molecule has 0 radical (unpaired) electrons. The SMILES string of the molecule is CN(C)c1ccc(N2c3ccccc3Sc3ccc(C#N)cc32)cc1. The maximum atomic E-state index is 9.31. The van der Waals surface area contributed by atoms with E-state index in [4.69, 9.17) is 0 Å². The minimum Gasteiger partial charge on any atom is -0.378 e. The highest BCUT2D eigenvalue weighted by Crippen LogP contribution is 2.51. The molecule has 0 spiro atoms. The molecule has 1 aliphatic rings. The van der Waals surface area contributed by atoms with Crippen LogP contribution in [-0.4, -0.2) is 14.1 Å². The van der Waals surface area contributed by atoms with Crippen LogP contribution in [0.3, 0.4) is 0 Å². The Kier molecular flexibility index (Phi) is 3.87. The predicted octanol–water partition coefficient (Wildman–Crippen LogP) is 5.56. The highest BCUT2D eigenvalue weighted by molar-refractivity contribution is 7.99. The molecule has 25 heavy (non-hydrogen) atoms. The third-order valence-electron chi connectivity index (χ3n) is 4.28. The molecular weight excluding hydrogens is 326 g/mol. The minimum absolute atomic E-state index is 0.675. The lowest BCUT2D eigenvalue weighted by Crippen LogP contribution is -2.15. The van der Waals surface area contributed by atoms with Gasteiger partial charge in [-0.25, -0.2) is 0 Å². The molecule has 0 unspecified atom stereocenters. The fraction of sp³-hybridized carbons (Fsp3) is 0.0952. The van der Waals surface area contributed by atoms with Gasteiger partial charge >= 0.3 is 0 Å². The Bertz CT molecular complexity index is 971. The first kappa shape index (κ1) is 15.6. The van der Waals surface area contributed by atoms with Crippen molar-refractivity contribution in [2.24, 2.45) is 0 Å². The number of nitriles is 1. The molecular formula is C21H17N3S. The van der Waals surface area contributed by atoms with Gasteiger partial charge < -0.3 is 9.80 Å². The molecule has 0 bridgehead atoms. The molecule has 4 heteroatoms. The Morgan fingerprint density at radius 3 is 2.32 bits per heavy atom. The van der Waals surface area contributed by atoms with Gasteiger partial charge in [0.2, 0.25) is 0 Å². The first-order valence-corrected chi connectivity index (χ1v) is 8.87. The van der Waals surface area contributed by atoms with Crippen LogP contribution in [0.5, 0.6) is 0 Å². The summed E-state index contributed by atoms with van der Waals surface area (Å²) in [5, 5.41) is 9.31. The standard InChI is InChI=1S/C21H17N3S/c1-23(2)16-8-10-17(11-9-16)24-18-5-3-4-6-20(18)25-21-12-7-15(14-22)13-19(21)24/h3-13H,1-2H3. The van der Waals surface area contributed by atoms with Crippen LogP contribution in [-0.2, 0) is 0 Å². The molecule has 0 N–H and O–H groups in total. The van der Waals surface area contributed by atoms with Gasteiger partial charge in [0.25, 0.3) is 0 Å². The van der Waals surface area contributed by atoms with E-state index in [1.807, 2.05) is 32.3 Å². The van der Waals surface area contributed by atoms with Crippen molar-refractivity contribution in [3.63, 3.8) is 0 Å². The number of rotatable bonds is 2. The van der Waals surface area contributed by atoms with Gasteiger partial charge in [-0.05, 0) is 54.6 Å².